The van der Waals surface area contributed by atoms with E-state index in [1.54, 1.807) is 11.6 Å². The number of carbonyl (C=O) groups excluding carboxylic acids is 1. The van der Waals surface area contributed by atoms with Crippen molar-refractivity contribution >= 4 is 56.4 Å². The van der Waals surface area contributed by atoms with Gasteiger partial charge in [-0.1, -0.05) is 0 Å². The topological polar surface area (TPSA) is 107 Å². The van der Waals surface area contributed by atoms with Crippen LogP contribution in [0.1, 0.15) is 28.8 Å². The fourth-order valence-corrected chi connectivity index (χ4v) is 4.56. The van der Waals surface area contributed by atoms with Crippen LogP contribution in [0.2, 0.25) is 0 Å². The molecule has 4 rings (SSSR count). The highest BCUT2D eigenvalue weighted by molar-refractivity contribution is 7.17. The lowest BCUT2D eigenvalue weighted by molar-refractivity contribution is -0.192. The van der Waals surface area contributed by atoms with Gasteiger partial charge < -0.3 is 20.6 Å². The molecule has 0 bridgehead atoms. The zero-order chi connectivity index (χ0) is 24.9. The van der Waals surface area contributed by atoms with Crippen molar-refractivity contribution in [3.8, 4) is 0 Å². The molecule has 184 valence electrons. The van der Waals surface area contributed by atoms with Crippen LogP contribution in [0.3, 0.4) is 0 Å². The van der Waals surface area contributed by atoms with E-state index < -0.39 is 24.5 Å². The first-order chi connectivity index (χ1) is 16.1. The van der Waals surface area contributed by atoms with Gasteiger partial charge in [0.1, 0.15) is 16.2 Å². The summed E-state index contributed by atoms with van der Waals surface area (Å²) >= 11 is 2.44. The largest absolute Gasteiger partial charge is 0.490 e. The molecule has 1 fully saturated rings. The molecule has 0 radical (unpaired) electrons. The molecule has 1 amide bonds. The summed E-state index contributed by atoms with van der Waals surface area (Å²) in [6.45, 7) is 3.51. The summed E-state index contributed by atoms with van der Waals surface area (Å²) in [5, 5.41) is 17.6. The zero-order valence-electron chi connectivity index (χ0n) is 17.2. The van der Waals surface area contributed by atoms with E-state index in [0.717, 1.165) is 49.8 Å². The van der Waals surface area contributed by atoms with Gasteiger partial charge in [-0.05, 0) is 13.0 Å². The molecule has 0 spiro atoms. The molecular weight excluding hydrogens is 505 g/mol. The predicted molar refractivity (Wildman–Crippen MR) is 118 cm³/mol. The average Bonchev–Trinajstić information content (AvgIpc) is 3.32. The number of aromatic nitrogens is 2. The standard InChI is InChI=1S/C17H17F2N5OS2.C2HF3O2/c18-15(19)10-7-26-9-12(10)22-16(25)11-8-27-17-14(11)23-13(6-21-17)24-4-1-2-20-3-5-24;3-2(4,5)1(6)7/h6-9,15,20H,1-5H2,(H,22,25);(H,6,7). The first-order valence-corrected chi connectivity index (χ1v) is 11.6. The maximum Gasteiger partial charge on any atom is 0.490 e. The number of fused-ring (bicyclic) bond motifs is 1. The van der Waals surface area contributed by atoms with E-state index in [1.165, 1.54) is 22.1 Å². The third-order valence-corrected chi connectivity index (χ3v) is 6.23. The number of hydrogen-bond acceptors (Lipinski definition) is 8. The molecule has 34 heavy (non-hydrogen) atoms. The third-order valence-electron chi connectivity index (χ3n) is 4.60. The number of nitrogens with one attached hydrogen (secondary N) is 2. The molecule has 8 nitrogen and oxygen atoms in total. The van der Waals surface area contributed by atoms with E-state index >= 15 is 0 Å². The molecule has 0 aliphatic carbocycles. The lowest BCUT2D eigenvalue weighted by Gasteiger charge is -2.20. The molecule has 0 atom stereocenters. The summed E-state index contributed by atoms with van der Waals surface area (Å²) in [4.78, 5) is 33.4. The van der Waals surface area contributed by atoms with Crippen LogP contribution in [0.15, 0.2) is 22.3 Å². The van der Waals surface area contributed by atoms with Crippen LogP contribution >= 0.6 is 22.7 Å². The summed E-state index contributed by atoms with van der Waals surface area (Å²) in [6, 6.07) is 0. The molecule has 1 aliphatic rings. The van der Waals surface area contributed by atoms with Crippen LogP contribution in [-0.2, 0) is 4.79 Å². The van der Waals surface area contributed by atoms with E-state index in [4.69, 9.17) is 9.90 Å². The molecule has 0 aromatic carbocycles. The van der Waals surface area contributed by atoms with Gasteiger partial charge in [-0.2, -0.15) is 13.2 Å². The molecular formula is C19H18F5N5O3S2. The first kappa shape index (κ1) is 25.7. The average molecular weight is 524 g/mol. The van der Waals surface area contributed by atoms with Crippen molar-refractivity contribution in [3.05, 3.63) is 33.5 Å². The first-order valence-electron chi connectivity index (χ1n) is 9.73. The van der Waals surface area contributed by atoms with Crippen LogP contribution < -0.4 is 15.5 Å². The van der Waals surface area contributed by atoms with Gasteiger partial charge in [-0.15, -0.1) is 22.7 Å². The smallest absolute Gasteiger partial charge is 0.475 e. The Balaban J connectivity index is 0.000000406. The minimum absolute atomic E-state index is 0.141. The monoisotopic (exact) mass is 523 g/mol. The van der Waals surface area contributed by atoms with Gasteiger partial charge in [0, 0.05) is 35.8 Å². The summed E-state index contributed by atoms with van der Waals surface area (Å²) in [5.74, 6) is -2.49. The molecule has 1 aliphatic heterocycles. The Kier molecular flexibility index (Phi) is 8.33. The number of anilines is 2. The molecule has 1 saturated heterocycles. The van der Waals surface area contributed by atoms with Crippen LogP contribution in [0.5, 0.6) is 0 Å². The second kappa shape index (κ2) is 11.0. The third kappa shape index (κ3) is 6.36. The molecule has 0 saturated carbocycles. The number of carboxylic acid groups (broad SMARTS) is 1. The highest BCUT2D eigenvalue weighted by Gasteiger charge is 2.38. The minimum Gasteiger partial charge on any atom is -0.475 e. The number of amides is 1. The highest BCUT2D eigenvalue weighted by atomic mass is 32.1. The van der Waals surface area contributed by atoms with Gasteiger partial charge in [-0.25, -0.2) is 23.5 Å². The molecule has 3 aromatic heterocycles. The van der Waals surface area contributed by atoms with E-state index in [2.05, 4.69) is 25.5 Å². The summed E-state index contributed by atoms with van der Waals surface area (Å²) in [7, 11) is 0. The zero-order valence-corrected chi connectivity index (χ0v) is 18.9. The number of thiophene rings is 2. The maximum absolute atomic E-state index is 13.0. The Morgan fingerprint density at radius 1 is 1.18 bits per heavy atom. The Morgan fingerprint density at radius 3 is 2.59 bits per heavy atom. The molecule has 4 heterocycles. The molecule has 3 aromatic rings. The van der Waals surface area contributed by atoms with Crippen molar-refractivity contribution in [1.29, 1.82) is 0 Å². The number of carbonyl (C=O) groups is 2. The molecule has 15 heteroatoms. The summed E-state index contributed by atoms with van der Waals surface area (Å²) in [6.07, 6.45) is -4.99. The quantitative estimate of drug-likeness (QED) is 0.436. The lowest BCUT2D eigenvalue weighted by Crippen LogP contribution is -2.28. The summed E-state index contributed by atoms with van der Waals surface area (Å²) < 4.78 is 57.8. The highest BCUT2D eigenvalue weighted by Crippen LogP contribution is 2.32. The van der Waals surface area contributed by atoms with Crippen LogP contribution in [0.4, 0.5) is 33.5 Å². The van der Waals surface area contributed by atoms with Gasteiger partial charge in [0.15, 0.2) is 0 Å². The Hall–Kier alpha value is -2.91. The number of alkyl halides is 5. The van der Waals surface area contributed by atoms with Crippen molar-refractivity contribution < 1.29 is 36.6 Å². The summed E-state index contributed by atoms with van der Waals surface area (Å²) in [5.41, 5.74) is 0.823. The maximum atomic E-state index is 13.0. The minimum atomic E-state index is -5.08. The van der Waals surface area contributed by atoms with Gasteiger partial charge in [0.25, 0.3) is 12.3 Å². The van der Waals surface area contributed by atoms with E-state index in [1.807, 2.05) is 0 Å². The number of hydrogen-bond donors (Lipinski definition) is 3. The second-order valence-electron chi connectivity index (χ2n) is 6.92. The number of carboxylic acids is 1. The van der Waals surface area contributed by atoms with Crippen LogP contribution in [0.25, 0.3) is 10.3 Å². The van der Waals surface area contributed by atoms with Crippen molar-refractivity contribution in [2.75, 3.05) is 36.4 Å². The number of rotatable bonds is 4. The molecule has 0 unspecified atom stereocenters. The van der Waals surface area contributed by atoms with Gasteiger partial charge in [0.05, 0.1) is 23.0 Å². The second-order valence-corrected chi connectivity index (χ2v) is 8.52. The Bertz CT molecular complexity index is 1140. The fourth-order valence-electron chi connectivity index (χ4n) is 2.96. The SMILES string of the molecule is O=C(Nc1cscc1C(F)F)c1csc2ncc(N3CCCNCC3)nc12.O=C(O)C(F)(F)F. The van der Waals surface area contributed by atoms with E-state index in [0.29, 0.717) is 15.9 Å². The Morgan fingerprint density at radius 2 is 1.91 bits per heavy atom. The number of aliphatic carboxylic acids is 1. The van der Waals surface area contributed by atoms with Crippen molar-refractivity contribution in [3.63, 3.8) is 0 Å². The predicted octanol–water partition coefficient (Wildman–Crippen LogP) is 4.38. The van der Waals surface area contributed by atoms with Gasteiger partial charge in [0.2, 0.25) is 0 Å². The molecule has 3 N–H and O–H groups in total. The van der Waals surface area contributed by atoms with Crippen LogP contribution in [0, 0.1) is 0 Å². The van der Waals surface area contributed by atoms with Crippen molar-refractivity contribution in [1.82, 2.24) is 15.3 Å². The fraction of sp³-hybridized carbons (Fsp3) is 0.368. The van der Waals surface area contributed by atoms with E-state index in [9.17, 15) is 26.7 Å². The lowest BCUT2D eigenvalue weighted by atomic mass is 10.2. The normalized spacial score (nSPS) is 14.5. The van der Waals surface area contributed by atoms with Gasteiger partial charge in [-0.3, -0.25) is 4.79 Å². The van der Waals surface area contributed by atoms with Gasteiger partial charge >= 0.3 is 12.1 Å². The van der Waals surface area contributed by atoms with Crippen molar-refractivity contribution in [2.24, 2.45) is 0 Å². The van der Waals surface area contributed by atoms with Crippen molar-refractivity contribution in [2.45, 2.75) is 19.0 Å². The number of halogens is 5. The van der Waals surface area contributed by atoms with E-state index in [-0.39, 0.29) is 11.3 Å². The van der Waals surface area contributed by atoms with Crippen LogP contribution in [-0.4, -0.2) is 59.3 Å². The Labute approximate surface area is 197 Å². The number of nitrogens with zero attached hydrogens (tertiary/aromatic N) is 3.